The number of halogens is 1. The van der Waals surface area contributed by atoms with Gasteiger partial charge in [0.15, 0.2) is 0 Å². The second kappa shape index (κ2) is 6.27. The second-order valence-electron chi connectivity index (χ2n) is 3.43. The van der Waals surface area contributed by atoms with Crippen LogP contribution in [-0.4, -0.2) is 22.8 Å². The van der Waals surface area contributed by atoms with E-state index in [1.807, 2.05) is 25.1 Å². The molecule has 0 amide bonds. The lowest BCUT2D eigenvalue weighted by Crippen LogP contribution is -2.08. The number of benzene rings is 1. The summed E-state index contributed by atoms with van der Waals surface area (Å²) in [5, 5.41) is 0. The zero-order chi connectivity index (χ0) is 11.3. The summed E-state index contributed by atoms with van der Waals surface area (Å²) in [4.78, 5) is 11.7. The Balaban J connectivity index is 2.69. The molecule has 0 aromatic heterocycles. The molecule has 0 atom stereocenters. The molecule has 0 unspecified atom stereocenters. The van der Waals surface area contributed by atoms with Crippen LogP contribution in [0.15, 0.2) is 18.2 Å². The van der Waals surface area contributed by atoms with Gasteiger partial charge in [0.1, 0.15) is 0 Å². The third-order valence-electron chi connectivity index (χ3n) is 2.14. The number of hydrogen-bond donors (Lipinski definition) is 0. The van der Waals surface area contributed by atoms with E-state index in [1.54, 1.807) is 0 Å². The van der Waals surface area contributed by atoms with Crippen molar-refractivity contribution in [2.75, 3.05) is 6.61 Å². The highest BCUT2D eigenvalue weighted by Gasteiger charge is 2.11. The molecule has 1 rings (SSSR count). The molecule has 0 spiro atoms. The molecule has 1 aromatic carbocycles. The smallest absolute Gasteiger partial charge is 0.339 e. The summed E-state index contributed by atoms with van der Waals surface area (Å²) in [7, 11) is 1.17. The minimum absolute atomic E-state index is 0.196. The SMILES string of the molecule is Cc1cccc(C(=O)OCCC[SiH3])c1I. The normalized spacial score (nSPS) is 10.3. The first-order valence-corrected chi connectivity index (χ1v) is 7.58. The average molecular weight is 334 g/mol. The summed E-state index contributed by atoms with van der Waals surface area (Å²) in [6, 6.07) is 6.88. The number of aryl methyl sites for hydroxylation is 1. The van der Waals surface area contributed by atoms with Gasteiger partial charge < -0.3 is 4.74 Å². The van der Waals surface area contributed by atoms with Gasteiger partial charge in [-0.05, 0) is 47.6 Å². The summed E-state index contributed by atoms with van der Waals surface area (Å²) in [5.41, 5.74) is 1.80. The fourth-order valence-electron chi connectivity index (χ4n) is 1.19. The van der Waals surface area contributed by atoms with E-state index in [-0.39, 0.29) is 5.97 Å². The number of ether oxygens (including phenoxy) is 1. The van der Waals surface area contributed by atoms with E-state index < -0.39 is 0 Å². The van der Waals surface area contributed by atoms with Gasteiger partial charge in [0.2, 0.25) is 0 Å². The summed E-state index contributed by atoms with van der Waals surface area (Å²) < 4.78 is 6.17. The van der Waals surface area contributed by atoms with Crippen LogP contribution in [0.5, 0.6) is 0 Å². The largest absolute Gasteiger partial charge is 0.462 e. The van der Waals surface area contributed by atoms with Gasteiger partial charge in [-0.3, -0.25) is 0 Å². The van der Waals surface area contributed by atoms with Gasteiger partial charge >= 0.3 is 5.97 Å². The Morgan fingerprint density at radius 1 is 1.53 bits per heavy atom. The Morgan fingerprint density at radius 2 is 2.27 bits per heavy atom. The lowest BCUT2D eigenvalue weighted by Gasteiger charge is -2.07. The third-order valence-corrected chi connectivity index (χ3v) is 4.28. The molecule has 0 aliphatic rings. The predicted molar refractivity (Wildman–Crippen MR) is 73.5 cm³/mol. The summed E-state index contributed by atoms with van der Waals surface area (Å²) in [6.45, 7) is 2.54. The van der Waals surface area contributed by atoms with Gasteiger partial charge in [-0.15, -0.1) is 0 Å². The number of hydrogen-bond acceptors (Lipinski definition) is 2. The third kappa shape index (κ3) is 3.60. The first-order chi connectivity index (χ1) is 7.16. The molecular weight excluding hydrogens is 319 g/mol. The molecule has 2 nitrogen and oxygen atoms in total. The Bertz CT molecular complexity index is 352. The number of rotatable bonds is 4. The Labute approximate surface area is 107 Å². The van der Waals surface area contributed by atoms with Crippen molar-refractivity contribution in [1.82, 2.24) is 0 Å². The molecule has 82 valence electrons. The number of esters is 1. The van der Waals surface area contributed by atoms with Crippen molar-refractivity contribution >= 4 is 38.8 Å². The van der Waals surface area contributed by atoms with Crippen molar-refractivity contribution in [3.8, 4) is 0 Å². The van der Waals surface area contributed by atoms with Crippen LogP contribution in [0.4, 0.5) is 0 Å². The van der Waals surface area contributed by atoms with Gasteiger partial charge in [0, 0.05) is 13.8 Å². The van der Waals surface area contributed by atoms with Crippen LogP contribution in [0.3, 0.4) is 0 Å². The second-order valence-corrected chi connectivity index (χ2v) is 5.50. The molecule has 0 heterocycles. The van der Waals surface area contributed by atoms with E-state index in [1.165, 1.54) is 16.3 Å². The van der Waals surface area contributed by atoms with Gasteiger partial charge in [-0.2, -0.15) is 0 Å². The van der Waals surface area contributed by atoms with E-state index in [4.69, 9.17) is 4.74 Å². The van der Waals surface area contributed by atoms with E-state index >= 15 is 0 Å². The standard InChI is InChI=1S/C11H15IO2Si/c1-8-4-2-5-9(10(8)12)11(13)14-6-3-7-15/h2,4-5H,3,6-7H2,1,15H3. The van der Waals surface area contributed by atoms with E-state index in [0.717, 1.165) is 15.6 Å². The van der Waals surface area contributed by atoms with Crippen LogP contribution < -0.4 is 0 Å². The molecule has 4 heteroatoms. The summed E-state index contributed by atoms with van der Waals surface area (Å²) in [5.74, 6) is -0.196. The minimum Gasteiger partial charge on any atom is -0.462 e. The van der Waals surface area contributed by atoms with Gasteiger partial charge in [-0.25, -0.2) is 4.79 Å². The van der Waals surface area contributed by atoms with E-state index in [2.05, 4.69) is 22.6 Å². The zero-order valence-electron chi connectivity index (χ0n) is 9.05. The monoisotopic (exact) mass is 334 g/mol. The quantitative estimate of drug-likeness (QED) is 0.364. The van der Waals surface area contributed by atoms with Crippen molar-refractivity contribution in [3.05, 3.63) is 32.9 Å². The van der Waals surface area contributed by atoms with Gasteiger partial charge in [-0.1, -0.05) is 18.2 Å². The molecule has 0 saturated heterocycles. The average Bonchev–Trinajstić information content (AvgIpc) is 2.22. The topological polar surface area (TPSA) is 26.3 Å². The Morgan fingerprint density at radius 3 is 2.93 bits per heavy atom. The summed E-state index contributed by atoms with van der Waals surface area (Å²) >= 11 is 2.19. The highest BCUT2D eigenvalue weighted by atomic mass is 127. The van der Waals surface area contributed by atoms with Crippen molar-refractivity contribution in [3.63, 3.8) is 0 Å². The number of carbonyl (C=O) groups excluding carboxylic acids is 1. The molecular formula is C11H15IO2Si. The minimum atomic E-state index is -0.196. The Kier molecular flexibility index (Phi) is 5.31. The first-order valence-electron chi connectivity index (χ1n) is 5.09. The van der Waals surface area contributed by atoms with Crippen LogP contribution in [-0.2, 0) is 4.74 Å². The fourth-order valence-corrected chi connectivity index (χ4v) is 2.06. The molecule has 0 bridgehead atoms. The lowest BCUT2D eigenvalue weighted by atomic mass is 10.1. The predicted octanol–water partition coefficient (Wildman–Crippen LogP) is 1.93. The molecule has 0 radical (unpaired) electrons. The fraction of sp³-hybridized carbons (Fsp3) is 0.364. The lowest BCUT2D eigenvalue weighted by molar-refractivity contribution is 0.0504. The molecule has 0 saturated carbocycles. The van der Waals surface area contributed by atoms with Gasteiger partial charge in [0.05, 0.1) is 12.2 Å². The molecule has 0 fully saturated rings. The first kappa shape index (κ1) is 12.7. The maximum absolute atomic E-state index is 11.7. The summed E-state index contributed by atoms with van der Waals surface area (Å²) in [6.07, 6.45) is 0.986. The molecule has 0 aliphatic heterocycles. The Hall–Kier alpha value is -0.363. The van der Waals surface area contributed by atoms with Crippen LogP contribution in [0.1, 0.15) is 22.3 Å². The van der Waals surface area contributed by atoms with Crippen molar-refractivity contribution in [1.29, 1.82) is 0 Å². The van der Waals surface area contributed by atoms with Gasteiger partial charge in [0.25, 0.3) is 0 Å². The van der Waals surface area contributed by atoms with Crippen molar-refractivity contribution in [2.24, 2.45) is 0 Å². The van der Waals surface area contributed by atoms with E-state index in [0.29, 0.717) is 12.2 Å². The maximum Gasteiger partial charge on any atom is 0.339 e. The van der Waals surface area contributed by atoms with Crippen molar-refractivity contribution < 1.29 is 9.53 Å². The van der Waals surface area contributed by atoms with Crippen LogP contribution in [0, 0.1) is 10.5 Å². The molecule has 0 aliphatic carbocycles. The highest BCUT2D eigenvalue weighted by Crippen LogP contribution is 2.17. The van der Waals surface area contributed by atoms with Crippen LogP contribution >= 0.6 is 22.6 Å². The molecule has 1 aromatic rings. The molecule has 15 heavy (non-hydrogen) atoms. The van der Waals surface area contributed by atoms with Crippen LogP contribution in [0.25, 0.3) is 0 Å². The maximum atomic E-state index is 11.7. The van der Waals surface area contributed by atoms with Crippen LogP contribution in [0.2, 0.25) is 6.04 Å². The number of carbonyl (C=O) groups is 1. The molecule has 0 N–H and O–H groups in total. The van der Waals surface area contributed by atoms with Crippen molar-refractivity contribution in [2.45, 2.75) is 19.4 Å². The highest BCUT2D eigenvalue weighted by molar-refractivity contribution is 14.1. The van der Waals surface area contributed by atoms with E-state index in [9.17, 15) is 4.79 Å². The zero-order valence-corrected chi connectivity index (χ0v) is 13.2.